The summed E-state index contributed by atoms with van der Waals surface area (Å²) in [5.41, 5.74) is 12.2. The van der Waals surface area contributed by atoms with Crippen molar-refractivity contribution in [3.05, 3.63) is 143 Å². The van der Waals surface area contributed by atoms with Crippen LogP contribution in [0.5, 0.6) is 0 Å². The lowest BCUT2D eigenvalue weighted by atomic mass is 9.68. The minimum Gasteiger partial charge on any atom is -0.207 e. The lowest BCUT2D eigenvalue weighted by molar-refractivity contribution is 0.628. The first-order valence-electron chi connectivity index (χ1n) is 11.0. The van der Waals surface area contributed by atoms with E-state index in [1.807, 2.05) is 12.1 Å². The fourth-order valence-corrected chi connectivity index (χ4v) is 6.03. The summed E-state index contributed by atoms with van der Waals surface area (Å²) >= 11 is 0. The molecule has 1 heteroatoms. The minimum atomic E-state index is -0.385. The van der Waals surface area contributed by atoms with Gasteiger partial charge < -0.3 is 0 Å². The van der Waals surface area contributed by atoms with Gasteiger partial charge in [-0.15, -0.1) is 0 Å². The molecule has 0 saturated heterocycles. The highest BCUT2D eigenvalue weighted by Crippen LogP contribution is 2.64. The number of halogens is 1. The molecule has 5 aromatic rings. The average Bonchev–Trinajstić information content (AvgIpc) is 3.32. The van der Waals surface area contributed by atoms with Crippen molar-refractivity contribution in [2.75, 3.05) is 0 Å². The van der Waals surface area contributed by atoms with Gasteiger partial charge in [0.15, 0.2) is 0 Å². The van der Waals surface area contributed by atoms with E-state index in [2.05, 4.69) is 91.0 Å². The van der Waals surface area contributed by atoms with Gasteiger partial charge in [0.2, 0.25) is 0 Å². The van der Waals surface area contributed by atoms with Crippen LogP contribution in [0, 0.1) is 5.82 Å². The highest BCUT2D eigenvalue weighted by molar-refractivity contribution is 5.98. The molecular weight excluding hydrogens is 391 g/mol. The Morgan fingerprint density at radius 2 is 0.844 bits per heavy atom. The Morgan fingerprint density at radius 3 is 1.41 bits per heavy atom. The molecular formula is C31H19F. The van der Waals surface area contributed by atoms with Crippen LogP contribution in [-0.2, 0) is 5.41 Å². The Kier molecular flexibility index (Phi) is 3.47. The molecule has 7 rings (SSSR count). The van der Waals surface area contributed by atoms with Gasteiger partial charge >= 0.3 is 0 Å². The third-order valence-electron chi connectivity index (χ3n) is 7.17. The highest BCUT2D eigenvalue weighted by atomic mass is 19.1. The summed E-state index contributed by atoms with van der Waals surface area (Å²) < 4.78 is 13.8. The molecule has 0 nitrogen and oxygen atoms in total. The first-order valence-corrected chi connectivity index (χ1v) is 11.0. The Labute approximate surface area is 186 Å². The summed E-state index contributed by atoms with van der Waals surface area (Å²) in [6, 6.07) is 39.8. The summed E-state index contributed by atoms with van der Waals surface area (Å²) in [6.07, 6.45) is 0. The highest BCUT2D eigenvalue weighted by Gasteiger charge is 2.52. The van der Waals surface area contributed by atoms with Crippen LogP contribution in [-0.4, -0.2) is 0 Å². The molecule has 2 aliphatic carbocycles. The second-order valence-electron chi connectivity index (χ2n) is 8.62. The van der Waals surface area contributed by atoms with E-state index in [0.29, 0.717) is 0 Å². The van der Waals surface area contributed by atoms with Gasteiger partial charge in [0.05, 0.1) is 5.41 Å². The van der Waals surface area contributed by atoms with Gasteiger partial charge in [0.25, 0.3) is 0 Å². The molecule has 0 N–H and O–H groups in total. The zero-order valence-corrected chi connectivity index (χ0v) is 17.3. The van der Waals surface area contributed by atoms with Crippen molar-refractivity contribution in [3.8, 4) is 33.4 Å². The van der Waals surface area contributed by atoms with Gasteiger partial charge in [-0.2, -0.15) is 0 Å². The van der Waals surface area contributed by atoms with E-state index in [1.54, 1.807) is 12.1 Å². The lowest BCUT2D eigenvalue weighted by Gasteiger charge is -2.32. The van der Waals surface area contributed by atoms with Crippen molar-refractivity contribution < 1.29 is 4.39 Å². The molecule has 0 atom stereocenters. The van der Waals surface area contributed by atoms with Crippen molar-refractivity contribution in [1.29, 1.82) is 0 Å². The third-order valence-corrected chi connectivity index (χ3v) is 7.17. The molecule has 0 radical (unpaired) electrons. The van der Waals surface area contributed by atoms with Crippen molar-refractivity contribution in [1.82, 2.24) is 0 Å². The van der Waals surface area contributed by atoms with Crippen molar-refractivity contribution in [2.45, 2.75) is 5.41 Å². The number of hydrogen-bond acceptors (Lipinski definition) is 0. The van der Waals surface area contributed by atoms with Gasteiger partial charge in [0, 0.05) is 0 Å². The summed E-state index contributed by atoms with van der Waals surface area (Å²) in [7, 11) is 0. The second-order valence-corrected chi connectivity index (χ2v) is 8.62. The summed E-state index contributed by atoms with van der Waals surface area (Å²) in [4.78, 5) is 0. The van der Waals surface area contributed by atoms with Gasteiger partial charge in [-0.25, -0.2) is 4.39 Å². The maximum absolute atomic E-state index is 13.8. The van der Waals surface area contributed by atoms with Crippen LogP contribution in [0.25, 0.3) is 33.4 Å². The van der Waals surface area contributed by atoms with Crippen LogP contribution < -0.4 is 0 Å². The van der Waals surface area contributed by atoms with Crippen LogP contribution in [0.2, 0.25) is 0 Å². The van der Waals surface area contributed by atoms with Crippen molar-refractivity contribution in [3.63, 3.8) is 0 Å². The zero-order valence-electron chi connectivity index (χ0n) is 17.3. The molecule has 0 amide bonds. The van der Waals surface area contributed by atoms with Crippen LogP contribution in [0.3, 0.4) is 0 Å². The fraction of sp³-hybridized carbons (Fsp3) is 0.0323. The largest absolute Gasteiger partial charge is 0.207 e. The van der Waals surface area contributed by atoms with Gasteiger partial charge in [0.1, 0.15) is 5.82 Å². The monoisotopic (exact) mass is 410 g/mol. The molecule has 5 aromatic carbocycles. The zero-order chi connectivity index (χ0) is 21.3. The first-order chi connectivity index (χ1) is 15.8. The van der Waals surface area contributed by atoms with Crippen molar-refractivity contribution >= 4 is 0 Å². The maximum Gasteiger partial charge on any atom is 0.123 e. The van der Waals surface area contributed by atoms with Crippen LogP contribution in [0.1, 0.15) is 22.3 Å². The van der Waals surface area contributed by atoms with Gasteiger partial charge in [-0.05, 0) is 67.8 Å². The Bertz CT molecular complexity index is 1460. The average molecular weight is 410 g/mol. The normalized spacial score (nSPS) is 14.0. The summed E-state index contributed by atoms with van der Waals surface area (Å²) in [6.45, 7) is 0. The third kappa shape index (κ3) is 2.06. The fourth-order valence-electron chi connectivity index (χ4n) is 6.03. The van der Waals surface area contributed by atoms with Crippen LogP contribution in [0.15, 0.2) is 115 Å². The van der Waals surface area contributed by atoms with E-state index < -0.39 is 0 Å². The van der Waals surface area contributed by atoms with E-state index in [4.69, 9.17) is 0 Å². The number of rotatable bonds is 1. The molecule has 2 aliphatic rings. The molecule has 0 aliphatic heterocycles. The SMILES string of the molecule is Fc1ccc(-c2cccc3c2C2(c4ccccc4-c4ccccc42)c2ccccc2-3)cc1. The molecule has 0 heterocycles. The van der Waals surface area contributed by atoms with E-state index >= 15 is 0 Å². The molecule has 0 aromatic heterocycles. The Morgan fingerprint density at radius 1 is 0.406 bits per heavy atom. The molecule has 0 saturated carbocycles. The van der Waals surface area contributed by atoms with E-state index in [9.17, 15) is 4.39 Å². The summed E-state index contributed by atoms with van der Waals surface area (Å²) in [5, 5.41) is 0. The molecule has 0 unspecified atom stereocenters. The second kappa shape index (κ2) is 6.27. The first kappa shape index (κ1) is 17.7. The topological polar surface area (TPSA) is 0 Å². The molecule has 1 spiro atoms. The van der Waals surface area contributed by atoms with E-state index in [-0.39, 0.29) is 11.2 Å². The maximum atomic E-state index is 13.8. The smallest absolute Gasteiger partial charge is 0.123 e. The van der Waals surface area contributed by atoms with Crippen molar-refractivity contribution in [2.24, 2.45) is 0 Å². The number of fused-ring (bicyclic) bond motifs is 10. The molecule has 0 fully saturated rings. The minimum absolute atomic E-state index is 0.212. The Balaban J connectivity index is 1.69. The van der Waals surface area contributed by atoms with Gasteiger partial charge in [-0.3, -0.25) is 0 Å². The lowest BCUT2D eigenvalue weighted by Crippen LogP contribution is -2.26. The Hall–Kier alpha value is -3.97. The number of benzene rings is 5. The molecule has 32 heavy (non-hydrogen) atoms. The van der Waals surface area contributed by atoms with Crippen LogP contribution in [0.4, 0.5) is 4.39 Å². The van der Waals surface area contributed by atoms with E-state index in [1.165, 1.54) is 44.5 Å². The molecule has 150 valence electrons. The van der Waals surface area contributed by atoms with Gasteiger partial charge in [-0.1, -0.05) is 103 Å². The predicted molar refractivity (Wildman–Crippen MR) is 128 cm³/mol. The number of hydrogen-bond donors (Lipinski definition) is 0. The molecule has 0 bridgehead atoms. The quantitative estimate of drug-likeness (QED) is 0.259. The van der Waals surface area contributed by atoms with E-state index in [0.717, 1.165) is 11.1 Å². The van der Waals surface area contributed by atoms with Crippen LogP contribution >= 0.6 is 0 Å². The summed E-state index contributed by atoms with van der Waals surface area (Å²) in [5.74, 6) is -0.212. The standard InChI is InChI=1S/C31H19F/c32-21-18-16-20(17-19-21)22-11-7-12-26-25-10-3-6-15-29(25)31(30(22)26)27-13-4-1-8-23(27)24-9-2-5-14-28(24)31/h1-19H. The predicted octanol–water partition coefficient (Wildman–Crippen LogP) is 7.84.